The molecule has 0 aromatic carbocycles. The Hall–Kier alpha value is -0.570. The normalized spacial score (nSPS) is 28.2. The van der Waals surface area contributed by atoms with Crippen molar-refractivity contribution < 1.29 is 4.79 Å². The van der Waals surface area contributed by atoms with Gasteiger partial charge in [-0.15, -0.1) is 0 Å². The Morgan fingerprint density at radius 1 is 1.57 bits per heavy atom. The van der Waals surface area contributed by atoms with Gasteiger partial charge in [-0.1, -0.05) is 20.8 Å². The van der Waals surface area contributed by atoms with Crippen LogP contribution in [0.4, 0.5) is 0 Å². The third-order valence-corrected chi connectivity index (χ3v) is 3.19. The van der Waals surface area contributed by atoms with Crippen molar-refractivity contribution >= 4 is 5.91 Å². The van der Waals surface area contributed by atoms with Crippen LogP contribution in [0.3, 0.4) is 0 Å². The van der Waals surface area contributed by atoms with Gasteiger partial charge in [-0.25, -0.2) is 0 Å². The number of hydrogen-bond acceptors (Lipinski definition) is 2. The molecule has 0 aromatic heterocycles. The molecule has 14 heavy (non-hydrogen) atoms. The zero-order valence-electron chi connectivity index (χ0n) is 9.49. The fraction of sp³-hybridized carbons (Fsp3) is 0.909. The quantitative estimate of drug-likeness (QED) is 0.722. The summed E-state index contributed by atoms with van der Waals surface area (Å²) in [5.41, 5.74) is 5.67. The highest BCUT2D eigenvalue weighted by Gasteiger charge is 2.28. The van der Waals surface area contributed by atoms with Crippen LogP contribution in [-0.2, 0) is 4.79 Å². The maximum Gasteiger partial charge on any atom is 0.225 e. The molecule has 1 aliphatic heterocycles. The summed E-state index contributed by atoms with van der Waals surface area (Å²) in [4.78, 5) is 13.7. The molecular weight excluding hydrogens is 176 g/mol. The van der Waals surface area contributed by atoms with E-state index in [9.17, 15) is 4.79 Å². The summed E-state index contributed by atoms with van der Waals surface area (Å²) < 4.78 is 0. The van der Waals surface area contributed by atoms with Crippen LogP contribution in [0.1, 0.15) is 27.2 Å². The SMILES string of the molecule is CC(C)C(=O)N1CCC(CN)C(C)C1. The third-order valence-electron chi connectivity index (χ3n) is 3.19. The molecule has 0 spiro atoms. The third kappa shape index (κ3) is 2.47. The number of nitrogens with zero attached hydrogens (tertiary/aromatic N) is 1. The minimum absolute atomic E-state index is 0.122. The van der Waals surface area contributed by atoms with Gasteiger partial charge in [0.1, 0.15) is 0 Å². The largest absolute Gasteiger partial charge is 0.342 e. The fourth-order valence-electron chi connectivity index (χ4n) is 2.11. The Morgan fingerprint density at radius 3 is 2.64 bits per heavy atom. The standard InChI is InChI=1S/C11H22N2O/c1-8(2)11(14)13-5-4-10(6-12)9(3)7-13/h8-10H,4-7,12H2,1-3H3. The summed E-state index contributed by atoms with van der Waals surface area (Å²) in [6.45, 7) is 8.65. The summed E-state index contributed by atoms with van der Waals surface area (Å²) in [6.07, 6.45) is 1.07. The summed E-state index contributed by atoms with van der Waals surface area (Å²) in [5, 5.41) is 0. The van der Waals surface area contributed by atoms with Gasteiger partial charge in [0.25, 0.3) is 0 Å². The summed E-state index contributed by atoms with van der Waals surface area (Å²) in [6, 6.07) is 0. The molecule has 1 saturated heterocycles. The van der Waals surface area contributed by atoms with Crippen molar-refractivity contribution in [2.45, 2.75) is 27.2 Å². The molecule has 1 aliphatic rings. The van der Waals surface area contributed by atoms with Crippen molar-refractivity contribution in [2.24, 2.45) is 23.5 Å². The Balaban J connectivity index is 2.50. The predicted molar refractivity (Wildman–Crippen MR) is 57.7 cm³/mol. The maximum atomic E-state index is 11.7. The Morgan fingerprint density at radius 2 is 2.21 bits per heavy atom. The van der Waals surface area contributed by atoms with Gasteiger partial charge in [0, 0.05) is 19.0 Å². The number of piperidine rings is 1. The molecule has 2 atom stereocenters. The lowest BCUT2D eigenvalue weighted by molar-refractivity contribution is -0.136. The molecule has 82 valence electrons. The maximum absolute atomic E-state index is 11.7. The van der Waals surface area contributed by atoms with Gasteiger partial charge in [-0.05, 0) is 24.8 Å². The van der Waals surface area contributed by atoms with E-state index in [1.54, 1.807) is 0 Å². The van der Waals surface area contributed by atoms with E-state index in [1.807, 2.05) is 18.7 Å². The number of carbonyl (C=O) groups is 1. The lowest BCUT2D eigenvalue weighted by Gasteiger charge is -2.37. The molecule has 2 N–H and O–H groups in total. The second-order valence-electron chi connectivity index (χ2n) is 4.70. The number of carbonyl (C=O) groups excluding carboxylic acids is 1. The van der Waals surface area contributed by atoms with Crippen molar-refractivity contribution in [3.8, 4) is 0 Å². The first-order chi connectivity index (χ1) is 6.56. The molecule has 0 radical (unpaired) electrons. The summed E-state index contributed by atoms with van der Waals surface area (Å²) in [7, 11) is 0. The zero-order chi connectivity index (χ0) is 10.7. The monoisotopic (exact) mass is 198 g/mol. The summed E-state index contributed by atoms with van der Waals surface area (Å²) >= 11 is 0. The molecule has 0 aliphatic carbocycles. The topological polar surface area (TPSA) is 46.3 Å². The van der Waals surface area contributed by atoms with E-state index in [0.29, 0.717) is 11.8 Å². The molecule has 0 bridgehead atoms. The fourth-order valence-corrected chi connectivity index (χ4v) is 2.11. The van der Waals surface area contributed by atoms with E-state index < -0.39 is 0 Å². The van der Waals surface area contributed by atoms with Crippen molar-refractivity contribution in [1.29, 1.82) is 0 Å². The first-order valence-corrected chi connectivity index (χ1v) is 5.55. The first kappa shape index (κ1) is 11.5. The van der Waals surface area contributed by atoms with Crippen LogP contribution < -0.4 is 5.73 Å². The van der Waals surface area contributed by atoms with Gasteiger partial charge >= 0.3 is 0 Å². The van der Waals surface area contributed by atoms with Gasteiger partial charge in [0.05, 0.1) is 0 Å². The van der Waals surface area contributed by atoms with Gasteiger partial charge in [-0.3, -0.25) is 4.79 Å². The van der Waals surface area contributed by atoms with Crippen LogP contribution in [0.25, 0.3) is 0 Å². The van der Waals surface area contributed by atoms with Crippen molar-refractivity contribution in [1.82, 2.24) is 4.90 Å². The molecule has 0 saturated carbocycles. The highest BCUT2D eigenvalue weighted by molar-refractivity contribution is 5.78. The van der Waals surface area contributed by atoms with Crippen molar-refractivity contribution in [3.63, 3.8) is 0 Å². The van der Waals surface area contributed by atoms with Crippen molar-refractivity contribution in [3.05, 3.63) is 0 Å². The van der Waals surface area contributed by atoms with Crippen LogP contribution in [0.5, 0.6) is 0 Å². The van der Waals surface area contributed by atoms with Crippen LogP contribution in [0.15, 0.2) is 0 Å². The summed E-state index contributed by atoms with van der Waals surface area (Å²) in [5.74, 6) is 1.56. The van der Waals surface area contributed by atoms with Crippen LogP contribution in [0.2, 0.25) is 0 Å². The van der Waals surface area contributed by atoms with Crippen LogP contribution in [-0.4, -0.2) is 30.4 Å². The molecule has 3 nitrogen and oxygen atoms in total. The van der Waals surface area contributed by atoms with Gasteiger partial charge in [0.15, 0.2) is 0 Å². The smallest absolute Gasteiger partial charge is 0.225 e. The van der Waals surface area contributed by atoms with E-state index in [0.717, 1.165) is 26.1 Å². The molecule has 1 amide bonds. The Labute approximate surface area is 86.6 Å². The predicted octanol–water partition coefficient (Wildman–Crippen LogP) is 1.09. The lowest BCUT2D eigenvalue weighted by Crippen LogP contribution is -2.46. The second-order valence-corrected chi connectivity index (χ2v) is 4.70. The average Bonchev–Trinajstić information content (AvgIpc) is 2.16. The zero-order valence-corrected chi connectivity index (χ0v) is 9.49. The number of nitrogens with two attached hydrogens (primary N) is 1. The molecule has 1 heterocycles. The molecule has 0 aromatic rings. The van der Waals surface area contributed by atoms with Gasteiger partial charge < -0.3 is 10.6 Å². The molecule has 2 unspecified atom stereocenters. The van der Waals surface area contributed by atoms with Crippen molar-refractivity contribution in [2.75, 3.05) is 19.6 Å². The highest BCUT2D eigenvalue weighted by atomic mass is 16.2. The van der Waals surface area contributed by atoms with Crippen LogP contribution in [0, 0.1) is 17.8 Å². The minimum atomic E-state index is 0.122. The first-order valence-electron chi connectivity index (χ1n) is 5.55. The molecule has 1 rings (SSSR count). The Bertz CT molecular complexity index is 203. The van der Waals surface area contributed by atoms with Gasteiger partial charge in [-0.2, -0.15) is 0 Å². The average molecular weight is 198 g/mol. The van der Waals surface area contributed by atoms with E-state index in [1.165, 1.54) is 0 Å². The number of hydrogen-bond donors (Lipinski definition) is 1. The Kier molecular flexibility index (Phi) is 3.93. The van der Waals surface area contributed by atoms with E-state index in [-0.39, 0.29) is 11.8 Å². The van der Waals surface area contributed by atoms with E-state index in [4.69, 9.17) is 5.73 Å². The number of amides is 1. The second kappa shape index (κ2) is 4.78. The van der Waals surface area contributed by atoms with Gasteiger partial charge in [0.2, 0.25) is 5.91 Å². The van der Waals surface area contributed by atoms with Crippen LogP contribution >= 0.6 is 0 Å². The number of rotatable bonds is 2. The lowest BCUT2D eigenvalue weighted by atomic mass is 9.86. The number of likely N-dealkylation sites (tertiary alicyclic amines) is 1. The minimum Gasteiger partial charge on any atom is -0.342 e. The molecule has 3 heteroatoms. The van der Waals surface area contributed by atoms with E-state index >= 15 is 0 Å². The molecular formula is C11H22N2O. The van der Waals surface area contributed by atoms with E-state index in [2.05, 4.69) is 6.92 Å². The molecule has 1 fully saturated rings. The highest BCUT2D eigenvalue weighted by Crippen LogP contribution is 2.23.